The Morgan fingerprint density at radius 1 is 1.26 bits per heavy atom. The number of aryl methyl sites for hydroxylation is 2. The Kier molecular flexibility index (Phi) is 4.89. The van der Waals surface area contributed by atoms with E-state index in [0.717, 1.165) is 21.0 Å². The predicted octanol–water partition coefficient (Wildman–Crippen LogP) is 2.27. The van der Waals surface area contributed by atoms with Crippen molar-refractivity contribution in [3.8, 4) is 0 Å². The molecule has 0 amide bonds. The molecule has 1 aliphatic heterocycles. The molecule has 0 bridgehead atoms. The van der Waals surface area contributed by atoms with Crippen LogP contribution >= 0.6 is 0 Å². The minimum atomic E-state index is -3.73. The highest BCUT2D eigenvalue weighted by Gasteiger charge is 2.27. The van der Waals surface area contributed by atoms with E-state index in [2.05, 4.69) is 4.40 Å². The monoisotopic (exact) mass is 336 g/mol. The zero-order chi connectivity index (χ0) is 17.2. The Morgan fingerprint density at radius 3 is 2.61 bits per heavy atom. The Morgan fingerprint density at radius 2 is 1.96 bits per heavy atom. The van der Waals surface area contributed by atoms with Gasteiger partial charge in [0.2, 0.25) is 0 Å². The van der Waals surface area contributed by atoms with Gasteiger partial charge in [0.25, 0.3) is 0 Å². The van der Waals surface area contributed by atoms with Crippen LogP contribution in [0.3, 0.4) is 0 Å². The molecule has 0 aromatic heterocycles. The molecule has 6 nitrogen and oxygen atoms in total. The van der Waals surface area contributed by atoms with Gasteiger partial charge in [-0.1, -0.05) is 23.8 Å². The van der Waals surface area contributed by atoms with Crippen LogP contribution < -0.4 is 0 Å². The van der Waals surface area contributed by atoms with Crippen LogP contribution in [0.5, 0.6) is 0 Å². The first-order valence-electron chi connectivity index (χ1n) is 7.28. The summed E-state index contributed by atoms with van der Waals surface area (Å²) in [5.41, 5.74) is 3.33. The second-order valence-electron chi connectivity index (χ2n) is 5.41. The van der Waals surface area contributed by atoms with Gasteiger partial charge in [0.05, 0.1) is 11.3 Å². The average molecular weight is 336 g/mol. The lowest BCUT2D eigenvalue weighted by atomic mass is 10.1. The molecule has 0 radical (unpaired) electrons. The zero-order valence-electron chi connectivity index (χ0n) is 13.7. The van der Waals surface area contributed by atoms with E-state index in [0.29, 0.717) is 0 Å². The molecule has 0 saturated heterocycles. The molecule has 2 rings (SSSR count). The van der Waals surface area contributed by atoms with Gasteiger partial charge in [-0.3, -0.25) is 4.31 Å². The van der Waals surface area contributed by atoms with E-state index in [1.165, 1.54) is 13.1 Å². The van der Waals surface area contributed by atoms with Crippen LogP contribution in [0, 0.1) is 13.8 Å². The second kappa shape index (κ2) is 6.54. The smallest absolute Gasteiger partial charge is 0.344 e. The van der Waals surface area contributed by atoms with E-state index in [-0.39, 0.29) is 24.4 Å². The van der Waals surface area contributed by atoms with Gasteiger partial charge in [-0.25, -0.2) is 4.79 Å². The molecule has 1 aromatic rings. The fourth-order valence-electron chi connectivity index (χ4n) is 2.21. The molecule has 1 aromatic carbocycles. The lowest BCUT2D eigenvalue weighted by Gasteiger charge is -2.21. The molecule has 0 unspecified atom stereocenters. The van der Waals surface area contributed by atoms with Gasteiger partial charge in [-0.05, 0) is 38.8 Å². The van der Waals surface area contributed by atoms with Crippen LogP contribution in [0.2, 0.25) is 0 Å². The number of hydrogen-bond donors (Lipinski definition) is 0. The Bertz CT molecular complexity index is 794. The average Bonchev–Trinajstić information content (AvgIpc) is 2.47. The number of rotatable bonds is 4. The van der Waals surface area contributed by atoms with Crippen molar-refractivity contribution >= 4 is 21.9 Å². The van der Waals surface area contributed by atoms with Gasteiger partial charge >= 0.3 is 16.2 Å². The SMILES string of the molecule is CCN1C=C(C(=O)OCc2cc(C)ccc2C)C(C)=NS1(=O)=O. The van der Waals surface area contributed by atoms with E-state index in [1.54, 1.807) is 6.92 Å². The number of carbonyl (C=O) groups excluding carboxylic acids is 1. The van der Waals surface area contributed by atoms with Gasteiger partial charge < -0.3 is 4.74 Å². The highest BCUT2D eigenvalue weighted by atomic mass is 32.2. The quantitative estimate of drug-likeness (QED) is 0.791. The third-order valence-corrected chi connectivity index (χ3v) is 5.07. The molecule has 1 heterocycles. The van der Waals surface area contributed by atoms with Crippen LogP contribution in [-0.2, 0) is 26.3 Å². The maximum absolute atomic E-state index is 12.3. The fraction of sp³-hybridized carbons (Fsp3) is 0.375. The van der Waals surface area contributed by atoms with Crippen molar-refractivity contribution in [3.63, 3.8) is 0 Å². The maximum Gasteiger partial charge on any atom is 0.344 e. The number of benzene rings is 1. The lowest BCUT2D eigenvalue weighted by molar-refractivity contribution is -0.139. The van der Waals surface area contributed by atoms with Crippen molar-refractivity contribution in [3.05, 3.63) is 46.7 Å². The second-order valence-corrected chi connectivity index (χ2v) is 6.95. The first-order valence-corrected chi connectivity index (χ1v) is 8.68. The standard InChI is InChI=1S/C16H20N2O4S/c1-5-18-9-15(13(4)17-23(18,20)21)16(19)22-10-14-8-11(2)6-7-12(14)3/h6-9H,5,10H2,1-4H3. The highest BCUT2D eigenvalue weighted by molar-refractivity contribution is 7.88. The first kappa shape index (κ1) is 17.2. The van der Waals surface area contributed by atoms with Crippen LogP contribution in [-0.4, -0.2) is 30.9 Å². The molecule has 23 heavy (non-hydrogen) atoms. The molecule has 0 N–H and O–H groups in total. The zero-order valence-corrected chi connectivity index (χ0v) is 14.5. The summed E-state index contributed by atoms with van der Waals surface area (Å²) in [7, 11) is -3.73. The van der Waals surface area contributed by atoms with Crippen molar-refractivity contribution in [2.75, 3.05) is 6.54 Å². The summed E-state index contributed by atoms with van der Waals surface area (Å²) in [4.78, 5) is 12.3. The van der Waals surface area contributed by atoms with Crippen molar-refractivity contribution in [1.29, 1.82) is 0 Å². The van der Waals surface area contributed by atoms with Gasteiger partial charge in [0, 0.05) is 12.7 Å². The highest BCUT2D eigenvalue weighted by Crippen LogP contribution is 2.18. The minimum Gasteiger partial charge on any atom is -0.457 e. The van der Waals surface area contributed by atoms with E-state index in [1.807, 2.05) is 32.0 Å². The predicted molar refractivity (Wildman–Crippen MR) is 88.2 cm³/mol. The molecule has 0 fully saturated rings. The summed E-state index contributed by atoms with van der Waals surface area (Å²) in [6.07, 6.45) is 1.28. The van der Waals surface area contributed by atoms with Gasteiger partial charge in [-0.2, -0.15) is 8.42 Å². The molecular weight excluding hydrogens is 316 g/mol. The molecular formula is C16H20N2O4S. The molecule has 7 heteroatoms. The minimum absolute atomic E-state index is 0.135. The summed E-state index contributed by atoms with van der Waals surface area (Å²) in [5, 5.41) is 0. The summed E-state index contributed by atoms with van der Waals surface area (Å²) in [6, 6.07) is 5.92. The van der Waals surface area contributed by atoms with Crippen LogP contribution in [0.4, 0.5) is 0 Å². The molecule has 0 saturated carbocycles. The van der Waals surface area contributed by atoms with Gasteiger partial charge in [-0.15, -0.1) is 4.40 Å². The molecule has 0 atom stereocenters. The van der Waals surface area contributed by atoms with Crippen LogP contribution in [0.15, 0.2) is 34.4 Å². The summed E-state index contributed by atoms with van der Waals surface area (Å²) < 4.78 is 33.5. The number of esters is 1. The third-order valence-electron chi connectivity index (χ3n) is 3.61. The summed E-state index contributed by atoms with van der Waals surface area (Å²) in [6.45, 7) is 7.40. The summed E-state index contributed by atoms with van der Waals surface area (Å²) >= 11 is 0. The maximum atomic E-state index is 12.3. The Balaban J connectivity index is 2.16. The van der Waals surface area contributed by atoms with Crippen molar-refractivity contribution in [1.82, 2.24) is 4.31 Å². The molecule has 0 aliphatic carbocycles. The molecule has 1 aliphatic rings. The Hall–Kier alpha value is -2.15. The number of carbonyl (C=O) groups is 1. The Labute approximate surface area is 136 Å². The van der Waals surface area contributed by atoms with Crippen molar-refractivity contribution in [2.45, 2.75) is 34.3 Å². The van der Waals surface area contributed by atoms with E-state index in [9.17, 15) is 13.2 Å². The van der Waals surface area contributed by atoms with Gasteiger partial charge in [0.1, 0.15) is 6.61 Å². The topological polar surface area (TPSA) is 76.0 Å². The van der Waals surface area contributed by atoms with E-state index < -0.39 is 16.2 Å². The summed E-state index contributed by atoms with van der Waals surface area (Å²) in [5.74, 6) is -0.583. The van der Waals surface area contributed by atoms with Crippen LogP contribution in [0.25, 0.3) is 0 Å². The van der Waals surface area contributed by atoms with Crippen LogP contribution in [0.1, 0.15) is 30.5 Å². The molecule has 0 spiro atoms. The van der Waals surface area contributed by atoms with Gasteiger partial charge in [0.15, 0.2) is 0 Å². The van der Waals surface area contributed by atoms with E-state index >= 15 is 0 Å². The lowest BCUT2D eigenvalue weighted by Crippen LogP contribution is -2.31. The third kappa shape index (κ3) is 3.79. The number of hydrogen-bond acceptors (Lipinski definition) is 4. The van der Waals surface area contributed by atoms with E-state index in [4.69, 9.17) is 4.74 Å². The van der Waals surface area contributed by atoms with Crippen molar-refractivity contribution < 1.29 is 17.9 Å². The number of nitrogens with zero attached hydrogens (tertiary/aromatic N) is 2. The number of ether oxygens (including phenoxy) is 1. The largest absolute Gasteiger partial charge is 0.457 e. The fourth-order valence-corrected chi connectivity index (χ4v) is 3.32. The first-order chi connectivity index (χ1) is 10.7. The van der Waals surface area contributed by atoms with Crippen molar-refractivity contribution in [2.24, 2.45) is 4.40 Å². The normalized spacial score (nSPS) is 16.6. The molecule has 124 valence electrons.